The zero-order valence-electron chi connectivity index (χ0n) is 14.5. The van der Waals surface area contributed by atoms with Crippen LogP contribution in [0.2, 0.25) is 0 Å². The first-order valence-electron chi connectivity index (χ1n) is 8.58. The summed E-state index contributed by atoms with van der Waals surface area (Å²) in [4.78, 5) is 13.4. The van der Waals surface area contributed by atoms with Gasteiger partial charge in [-0.3, -0.25) is 4.90 Å². The van der Waals surface area contributed by atoms with Crippen molar-refractivity contribution in [3.63, 3.8) is 0 Å². The maximum absolute atomic E-state index is 10.9. The highest BCUT2D eigenvalue weighted by atomic mass is 32.2. The first-order chi connectivity index (χ1) is 12.1. The number of benzene rings is 2. The number of carboxylic acids is 1. The second-order valence-electron chi connectivity index (χ2n) is 6.33. The smallest absolute Gasteiger partial charge is 0.335 e. The van der Waals surface area contributed by atoms with E-state index in [0.717, 1.165) is 30.9 Å². The van der Waals surface area contributed by atoms with Gasteiger partial charge in [0.05, 0.1) is 5.56 Å². The SMILES string of the molecule is Cc1c(CN2CCSCC2)cccc1NCc1ccc(C(=O)O)cc1. The fraction of sp³-hybridized carbons (Fsp3) is 0.350. The Morgan fingerprint density at radius 3 is 2.56 bits per heavy atom. The molecule has 1 aliphatic heterocycles. The summed E-state index contributed by atoms with van der Waals surface area (Å²) < 4.78 is 0. The fourth-order valence-corrected chi connectivity index (χ4v) is 3.99. The minimum Gasteiger partial charge on any atom is -0.478 e. The summed E-state index contributed by atoms with van der Waals surface area (Å²) in [5.74, 6) is 1.56. The number of nitrogens with zero attached hydrogens (tertiary/aromatic N) is 1. The normalized spacial score (nSPS) is 15.1. The molecule has 4 nitrogen and oxygen atoms in total. The Morgan fingerprint density at radius 2 is 1.88 bits per heavy atom. The molecule has 3 rings (SSSR count). The van der Waals surface area contributed by atoms with E-state index in [1.165, 1.54) is 22.6 Å². The van der Waals surface area contributed by atoms with Gasteiger partial charge in [-0.2, -0.15) is 11.8 Å². The van der Waals surface area contributed by atoms with E-state index in [9.17, 15) is 4.79 Å². The van der Waals surface area contributed by atoms with Crippen molar-refractivity contribution >= 4 is 23.4 Å². The summed E-state index contributed by atoms with van der Waals surface area (Å²) in [7, 11) is 0. The Morgan fingerprint density at radius 1 is 1.16 bits per heavy atom. The van der Waals surface area contributed by atoms with E-state index in [1.54, 1.807) is 12.1 Å². The molecule has 1 saturated heterocycles. The lowest BCUT2D eigenvalue weighted by Crippen LogP contribution is -2.32. The van der Waals surface area contributed by atoms with Crippen molar-refractivity contribution in [2.24, 2.45) is 0 Å². The largest absolute Gasteiger partial charge is 0.478 e. The number of hydrogen-bond acceptors (Lipinski definition) is 4. The molecular weight excluding hydrogens is 332 g/mol. The van der Waals surface area contributed by atoms with Gasteiger partial charge in [0, 0.05) is 43.4 Å². The summed E-state index contributed by atoms with van der Waals surface area (Å²) in [6, 6.07) is 13.5. The minimum atomic E-state index is -0.890. The molecule has 0 atom stereocenters. The standard InChI is InChI=1S/C20H24N2O2S/c1-15-18(14-22-9-11-25-12-10-22)3-2-4-19(15)21-13-16-5-7-17(8-6-16)20(23)24/h2-8,21H,9-14H2,1H3,(H,23,24). The quantitative estimate of drug-likeness (QED) is 0.823. The van der Waals surface area contributed by atoms with E-state index >= 15 is 0 Å². The van der Waals surface area contributed by atoms with Gasteiger partial charge in [0.15, 0.2) is 0 Å². The van der Waals surface area contributed by atoms with E-state index < -0.39 is 5.97 Å². The van der Waals surface area contributed by atoms with Gasteiger partial charge in [0.25, 0.3) is 0 Å². The Labute approximate surface area is 153 Å². The van der Waals surface area contributed by atoms with Crippen LogP contribution < -0.4 is 5.32 Å². The molecule has 2 N–H and O–H groups in total. The monoisotopic (exact) mass is 356 g/mol. The van der Waals surface area contributed by atoms with Gasteiger partial charge in [0.1, 0.15) is 0 Å². The maximum atomic E-state index is 10.9. The molecule has 1 aliphatic rings. The lowest BCUT2D eigenvalue weighted by Gasteiger charge is -2.27. The van der Waals surface area contributed by atoms with Crippen molar-refractivity contribution < 1.29 is 9.90 Å². The Balaban J connectivity index is 1.64. The van der Waals surface area contributed by atoms with E-state index in [0.29, 0.717) is 12.1 Å². The first kappa shape index (κ1) is 17.8. The van der Waals surface area contributed by atoms with Crippen molar-refractivity contribution in [1.29, 1.82) is 0 Å². The van der Waals surface area contributed by atoms with Crippen LogP contribution >= 0.6 is 11.8 Å². The van der Waals surface area contributed by atoms with E-state index in [4.69, 9.17) is 5.11 Å². The zero-order valence-corrected chi connectivity index (χ0v) is 15.3. The van der Waals surface area contributed by atoms with Gasteiger partial charge in [-0.05, 0) is 41.8 Å². The highest BCUT2D eigenvalue weighted by Crippen LogP contribution is 2.22. The number of carbonyl (C=O) groups is 1. The number of anilines is 1. The molecule has 0 aromatic heterocycles. The molecule has 0 spiro atoms. The van der Waals surface area contributed by atoms with Crippen molar-refractivity contribution in [2.45, 2.75) is 20.0 Å². The average molecular weight is 356 g/mol. The van der Waals surface area contributed by atoms with Crippen LogP contribution in [0, 0.1) is 6.92 Å². The Kier molecular flexibility index (Phi) is 6.00. The van der Waals surface area contributed by atoms with Crippen molar-refractivity contribution in [1.82, 2.24) is 4.90 Å². The van der Waals surface area contributed by atoms with Gasteiger partial charge >= 0.3 is 5.97 Å². The van der Waals surface area contributed by atoms with E-state index in [2.05, 4.69) is 35.3 Å². The predicted octanol–water partition coefficient (Wildman–Crippen LogP) is 3.85. The van der Waals surface area contributed by atoms with Crippen molar-refractivity contribution in [2.75, 3.05) is 29.9 Å². The fourth-order valence-electron chi connectivity index (χ4n) is 3.01. The third-order valence-corrected chi connectivity index (χ3v) is 5.57. The lowest BCUT2D eigenvalue weighted by molar-refractivity contribution is 0.0697. The molecule has 132 valence electrons. The topological polar surface area (TPSA) is 52.6 Å². The van der Waals surface area contributed by atoms with Crippen molar-refractivity contribution in [3.8, 4) is 0 Å². The number of carboxylic acid groups (broad SMARTS) is 1. The summed E-state index contributed by atoms with van der Waals surface area (Å²) in [6.45, 7) is 6.19. The number of hydrogen-bond donors (Lipinski definition) is 2. The van der Waals surface area contributed by atoms with E-state index in [-0.39, 0.29) is 0 Å². The van der Waals surface area contributed by atoms with Crippen molar-refractivity contribution in [3.05, 3.63) is 64.7 Å². The number of nitrogens with one attached hydrogen (secondary N) is 1. The second-order valence-corrected chi connectivity index (χ2v) is 7.56. The predicted molar refractivity (Wildman–Crippen MR) is 105 cm³/mol. The molecule has 2 aromatic rings. The van der Waals surface area contributed by atoms with E-state index in [1.807, 2.05) is 23.9 Å². The van der Waals surface area contributed by atoms with Crippen LogP contribution in [0.25, 0.3) is 0 Å². The maximum Gasteiger partial charge on any atom is 0.335 e. The van der Waals surface area contributed by atoms with Crippen LogP contribution in [0.15, 0.2) is 42.5 Å². The molecule has 0 radical (unpaired) electrons. The second kappa shape index (κ2) is 8.41. The number of rotatable bonds is 6. The summed E-state index contributed by atoms with van der Waals surface area (Å²) >= 11 is 2.03. The average Bonchev–Trinajstić information content (AvgIpc) is 2.63. The minimum absolute atomic E-state index is 0.321. The molecule has 0 unspecified atom stereocenters. The molecule has 0 saturated carbocycles. The lowest BCUT2D eigenvalue weighted by atomic mass is 10.1. The summed E-state index contributed by atoms with van der Waals surface area (Å²) in [5.41, 5.74) is 5.21. The molecule has 0 aliphatic carbocycles. The highest BCUT2D eigenvalue weighted by Gasteiger charge is 2.13. The molecule has 0 bridgehead atoms. The van der Waals surface area contributed by atoms with Gasteiger partial charge in [0.2, 0.25) is 0 Å². The number of aromatic carboxylic acids is 1. The third-order valence-electron chi connectivity index (χ3n) is 4.63. The first-order valence-corrected chi connectivity index (χ1v) is 9.73. The molecule has 2 aromatic carbocycles. The van der Waals surface area contributed by atoms with Gasteiger partial charge in [-0.25, -0.2) is 4.79 Å². The highest BCUT2D eigenvalue weighted by molar-refractivity contribution is 7.99. The summed E-state index contributed by atoms with van der Waals surface area (Å²) in [5, 5.41) is 12.4. The molecular formula is C20H24N2O2S. The van der Waals surface area contributed by atoms with Crippen LogP contribution in [-0.4, -0.2) is 40.6 Å². The Bertz CT molecular complexity index is 725. The third kappa shape index (κ3) is 4.77. The summed E-state index contributed by atoms with van der Waals surface area (Å²) in [6.07, 6.45) is 0. The van der Waals surface area contributed by atoms with Crippen LogP contribution in [0.4, 0.5) is 5.69 Å². The Hall–Kier alpha value is -1.98. The molecule has 25 heavy (non-hydrogen) atoms. The molecule has 1 fully saturated rings. The number of thioether (sulfide) groups is 1. The van der Waals surface area contributed by atoms with Crippen LogP contribution in [0.1, 0.15) is 27.0 Å². The van der Waals surface area contributed by atoms with Crippen LogP contribution in [0.5, 0.6) is 0 Å². The van der Waals surface area contributed by atoms with Gasteiger partial charge in [-0.1, -0.05) is 24.3 Å². The molecule has 1 heterocycles. The van der Waals surface area contributed by atoms with Crippen LogP contribution in [-0.2, 0) is 13.1 Å². The van der Waals surface area contributed by atoms with Gasteiger partial charge in [-0.15, -0.1) is 0 Å². The molecule has 0 amide bonds. The zero-order chi connectivity index (χ0) is 17.6. The molecule has 5 heteroatoms. The van der Waals surface area contributed by atoms with Crippen LogP contribution in [0.3, 0.4) is 0 Å². The van der Waals surface area contributed by atoms with Gasteiger partial charge < -0.3 is 10.4 Å².